The molecule has 0 radical (unpaired) electrons. The molecule has 154 valence electrons. The van der Waals surface area contributed by atoms with E-state index in [0.717, 1.165) is 5.39 Å². The number of allylic oxidation sites excluding steroid dienone is 1. The molecule has 0 bridgehead atoms. The van der Waals surface area contributed by atoms with Crippen LogP contribution in [0.5, 0.6) is 0 Å². The molecule has 1 aliphatic heterocycles. The number of aliphatic hydroxyl groups excluding tert-OH is 1. The number of hydrogen-bond acceptors (Lipinski definition) is 6. The molecule has 3 unspecified atom stereocenters. The maximum atomic E-state index is 13.0. The second-order valence-electron chi connectivity index (χ2n) is 6.96. The maximum absolute atomic E-state index is 13.0. The molecule has 30 heavy (non-hydrogen) atoms. The van der Waals surface area contributed by atoms with Gasteiger partial charge < -0.3 is 25.3 Å². The largest absolute Gasteiger partial charge is 0.481 e. The van der Waals surface area contributed by atoms with Crippen molar-refractivity contribution < 1.29 is 24.5 Å². The van der Waals surface area contributed by atoms with Gasteiger partial charge in [-0.1, -0.05) is 23.7 Å². The van der Waals surface area contributed by atoms with E-state index in [1.165, 1.54) is 13.0 Å². The molecule has 3 aromatic rings. The van der Waals surface area contributed by atoms with Gasteiger partial charge in [-0.3, -0.25) is 9.59 Å². The van der Waals surface area contributed by atoms with Crippen LogP contribution in [-0.4, -0.2) is 43.8 Å². The highest BCUT2D eigenvalue weighted by Crippen LogP contribution is 2.41. The number of aromatic amines is 1. The number of rotatable bonds is 5. The van der Waals surface area contributed by atoms with Gasteiger partial charge >= 0.3 is 5.97 Å². The van der Waals surface area contributed by atoms with Gasteiger partial charge in [-0.2, -0.15) is 0 Å². The summed E-state index contributed by atoms with van der Waals surface area (Å²) >= 11 is 6.19. The Bertz CT molecular complexity index is 1170. The number of benzene rings is 1. The number of ether oxygens (including phenoxy) is 1. The number of aliphatic carboxylic acids is 1. The zero-order chi connectivity index (χ0) is 21.5. The van der Waals surface area contributed by atoms with Crippen molar-refractivity contribution in [2.24, 2.45) is 5.92 Å². The minimum absolute atomic E-state index is 0.187. The number of Topliss-reactive ketones (excluding diaryl/α,β-unsaturated/α-hetero) is 1. The Morgan fingerprint density at radius 1 is 1.37 bits per heavy atom. The van der Waals surface area contributed by atoms with Crippen LogP contribution < -0.4 is 5.32 Å². The zero-order valence-corrected chi connectivity index (χ0v) is 16.6. The number of nitrogens with one attached hydrogen (secondary N) is 2. The number of carbonyl (C=O) groups is 2. The minimum atomic E-state index is -1.94. The summed E-state index contributed by atoms with van der Waals surface area (Å²) in [5.74, 6) is -4.07. The molecular weight excluding hydrogens is 410 g/mol. The van der Waals surface area contributed by atoms with Crippen LogP contribution in [-0.2, 0) is 14.3 Å². The third-order valence-electron chi connectivity index (χ3n) is 5.05. The average molecular weight is 428 g/mol. The zero-order valence-electron chi connectivity index (χ0n) is 15.8. The average Bonchev–Trinajstić information content (AvgIpc) is 3.24. The fourth-order valence-electron chi connectivity index (χ4n) is 3.56. The Balaban J connectivity index is 1.81. The van der Waals surface area contributed by atoms with Crippen LogP contribution >= 0.6 is 11.6 Å². The molecule has 0 aliphatic carbocycles. The van der Waals surface area contributed by atoms with Crippen LogP contribution in [0.4, 0.5) is 5.69 Å². The SMILES string of the molecule is CC(O)C1(Nc2ccccc2Cl)O/C(=C\c2c[nH]c3ncccc23)C(=O)C1C(=O)O. The van der Waals surface area contributed by atoms with Crippen molar-refractivity contribution in [3.05, 3.63) is 65.1 Å². The first-order valence-corrected chi connectivity index (χ1v) is 9.52. The molecule has 3 heterocycles. The number of ketones is 1. The topological polar surface area (TPSA) is 125 Å². The van der Waals surface area contributed by atoms with Gasteiger partial charge in [0.1, 0.15) is 11.8 Å². The summed E-state index contributed by atoms with van der Waals surface area (Å²) in [4.78, 5) is 32.2. The number of anilines is 1. The number of carbonyl (C=O) groups excluding carboxylic acids is 1. The van der Waals surface area contributed by atoms with Gasteiger partial charge in [0.2, 0.25) is 11.5 Å². The molecule has 0 amide bonds. The molecular formula is C21H18ClN3O5. The summed E-state index contributed by atoms with van der Waals surface area (Å²) in [6, 6.07) is 10.1. The highest BCUT2D eigenvalue weighted by molar-refractivity contribution is 6.33. The lowest BCUT2D eigenvalue weighted by atomic mass is 9.89. The summed E-state index contributed by atoms with van der Waals surface area (Å²) in [6.07, 6.45) is 3.34. The van der Waals surface area contributed by atoms with Gasteiger partial charge in [0, 0.05) is 23.3 Å². The molecule has 4 N–H and O–H groups in total. The fraction of sp³-hybridized carbons (Fsp3) is 0.190. The highest BCUT2D eigenvalue weighted by Gasteiger charge is 2.60. The first-order valence-electron chi connectivity index (χ1n) is 9.14. The fourth-order valence-corrected chi connectivity index (χ4v) is 3.75. The lowest BCUT2D eigenvalue weighted by molar-refractivity contribution is -0.154. The van der Waals surface area contributed by atoms with Crippen molar-refractivity contribution in [3.63, 3.8) is 0 Å². The first kappa shape index (κ1) is 19.9. The predicted octanol–water partition coefficient (Wildman–Crippen LogP) is 3.05. The van der Waals surface area contributed by atoms with Gasteiger partial charge in [-0.15, -0.1) is 0 Å². The van der Waals surface area contributed by atoms with Gasteiger partial charge in [0.25, 0.3) is 0 Å². The van der Waals surface area contributed by atoms with Crippen molar-refractivity contribution in [1.29, 1.82) is 0 Å². The Morgan fingerprint density at radius 3 is 2.83 bits per heavy atom. The summed E-state index contributed by atoms with van der Waals surface area (Å²) in [6.45, 7) is 1.35. The number of para-hydroxylation sites is 1. The van der Waals surface area contributed by atoms with Crippen molar-refractivity contribution in [1.82, 2.24) is 9.97 Å². The van der Waals surface area contributed by atoms with Crippen LogP contribution in [0.15, 0.2) is 54.6 Å². The number of halogens is 1. The van der Waals surface area contributed by atoms with E-state index >= 15 is 0 Å². The molecule has 2 aromatic heterocycles. The standard InChI is InChI=1S/C21H18ClN3O5/c1-11(26)21(25-15-7-3-2-6-14(15)22)17(20(28)29)18(27)16(30-21)9-12-10-24-19-13(12)5-4-8-23-19/h2-11,17,25-26H,1H3,(H,23,24)(H,28,29)/b16-9-. The van der Waals surface area contributed by atoms with E-state index in [-0.39, 0.29) is 10.8 Å². The molecule has 4 rings (SSSR count). The van der Waals surface area contributed by atoms with Crippen LogP contribution in [0, 0.1) is 5.92 Å². The molecule has 1 saturated heterocycles. The molecule has 0 saturated carbocycles. The molecule has 1 fully saturated rings. The second-order valence-corrected chi connectivity index (χ2v) is 7.37. The van der Waals surface area contributed by atoms with Gasteiger partial charge in [-0.25, -0.2) is 4.98 Å². The molecule has 1 aromatic carbocycles. The Morgan fingerprint density at radius 2 is 2.13 bits per heavy atom. The Hall–Kier alpha value is -3.36. The number of nitrogens with zero attached hydrogens (tertiary/aromatic N) is 1. The van der Waals surface area contributed by atoms with Crippen LogP contribution in [0.1, 0.15) is 12.5 Å². The molecule has 9 heteroatoms. The van der Waals surface area contributed by atoms with Crippen molar-refractivity contribution >= 4 is 46.2 Å². The quantitative estimate of drug-likeness (QED) is 0.364. The highest BCUT2D eigenvalue weighted by atomic mass is 35.5. The van der Waals surface area contributed by atoms with E-state index in [0.29, 0.717) is 16.9 Å². The van der Waals surface area contributed by atoms with E-state index in [1.54, 1.807) is 42.7 Å². The Kier molecular flexibility index (Phi) is 4.97. The Labute approximate surface area is 176 Å². The minimum Gasteiger partial charge on any atom is -0.481 e. The van der Waals surface area contributed by atoms with Crippen LogP contribution in [0.25, 0.3) is 17.1 Å². The van der Waals surface area contributed by atoms with Crippen molar-refractivity contribution in [3.8, 4) is 0 Å². The number of aliphatic hydroxyl groups is 1. The summed E-state index contributed by atoms with van der Waals surface area (Å²) in [7, 11) is 0. The lowest BCUT2D eigenvalue weighted by Gasteiger charge is -2.35. The third-order valence-corrected chi connectivity index (χ3v) is 5.38. The normalized spacial score (nSPS) is 23.5. The number of fused-ring (bicyclic) bond motifs is 1. The number of carboxylic acid groups (broad SMARTS) is 1. The number of aromatic nitrogens is 2. The van der Waals surface area contributed by atoms with Gasteiger partial charge in [0.05, 0.1) is 10.7 Å². The molecule has 8 nitrogen and oxygen atoms in total. The number of pyridine rings is 1. The first-order chi connectivity index (χ1) is 14.3. The molecule has 3 atom stereocenters. The lowest BCUT2D eigenvalue weighted by Crippen LogP contribution is -2.56. The third kappa shape index (κ3) is 3.20. The van der Waals surface area contributed by atoms with E-state index in [2.05, 4.69) is 15.3 Å². The smallest absolute Gasteiger partial charge is 0.320 e. The van der Waals surface area contributed by atoms with Gasteiger partial charge in [-0.05, 0) is 37.3 Å². The van der Waals surface area contributed by atoms with Crippen LogP contribution in [0.2, 0.25) is 5.02 Å². The monoisotopic (exact) mass is 427 g/mol. The van der Waals surface area contributed by atoms with Crippen molar-refractivity contribution in [2.45, 2.75) is 18.8 Å². The summed E-state index contributed by atoms with van der Waals surface area (Å²) in [5.41, 5.74) is -0.397. The van der Waals surface area contributed by atoms with Crippen molar-refractivity contribution in [2.75, 3.05) is 5.32 Å². The number of H-pyrrole nitrogens is 1. The van der Waals surface area contributed by atoms with Crippen LogP contribution in [0.3, 0.4) is 0 Å². The van der Waals surface area contributed by atoms with Gasteiger partial charge in [0.15, 0.2) is 11.7 Å². The molecule has 0 spiro atoms. The number of hydrogen-bond donors (Lipinski definition) is 4. The van der Waals surface area contributed by atoms with E-state index in [9.17, 15) is 19.8 Å². The molecule has 1 aliphatic rings. The number of carboxylic acids is 1. The van der Waals surface area contributed by atoms with E-state index in [1.807, 2.05) is 6.07 Å². The summed E-state index contributed by atoms with van der Waals surface area (Å²) < 4.78 is 5.85. The van der Waals surface area contributed by atoms with E-state index < -0.39 is 29.5 Å². The predicted molar refractivity (Wildman–Crippen MR) is 111 cm³/mol. The second kappa shape index (κ2) is 7.47. The van der Waals surface area contributed by atoms with E-state index in [4.69, 9.17) is 16.3 Å². The maximum Gasteiger partial charge on any atom is 0.320 e. The summed E-state index contributed by atoms with van der Waals surface area (Å²) in [5, 5.41) is 24.2.